The summed E-state index contributed by atoms with van der Waals surface area (Å²) in [7, 11) is 1.83. The van der Waals surface area contributed by atoms with Crippen LogP contribution in [0.5, 0.6) is 0 Å². The smallest absolute Gasteiger partial charge is 0.257 e. The van der Waals surface area contributed by atoms with E-state index in [2.05, 4.69) is 25.6 Å². The molecule has 0 unspecified atom stereocenters. The first kappa shape index (κ1) is 23.3. The average molecular weight is 480 g/mol. The quantitative estimate of drug-likeness (QED) is 0.393. The zero-order valence-electron chi connectivity index (χ0n) is 20.3. The molecule has 0 spiro atoms. The number of halogens is 1. The highest BCUT2D eigenvalue weighted by Crippen LogP contribution is 2.31. The Labute approximate surface area is 202 Å². The van der Waals surface area contributed by atoms with Crippen LogP contribution in [0.2, 0.25) is 0 Å². The molecule has 0 saturated carbocycles. The summed E-state index contributed by atoms with van der Waals surface area (Å²) in [5.41, 5.74) is 2.52. The minimum absolute atomic E-state index is 0.220. The number of nitrogens with zero attached hydrogens (tertiary/aromatic N) is 5. The molecule has 1 atom stereocenters. The van der Waals surface area contributed by atoms with Crippen molar-refractivity contribution in [3.8, 4) is 0 Å². The summed E-state index contributed by atoms with van der Waals surface area (Å²) in [6.07, 6.45) is 6.23. The van der Waals surface area contributed by atoms with E-state index in [-0.39, 0.29) is 17.6 Å². The molecule has 0 aliphatic carbocycles. The van der Waals surface area contributed by atoms with E-state index in [1.54, 1.807) is 48.3 Å². The molecule has 1 fully saturated rings. The van der Waals surface area contributed by atoms with E-state index in [1.807, 2.05) is 19.3 Å². The minimum atomic E-state index is -0.761. The van der Waals surface area contributed by atoms with Gasteiger partial charge in [-0.3, -0.25) is 9.48 Å². The fourth-order valence-electron chi connectivity index (χ4n) is 4.65. The van der Waals surface area contributed by atoms with Gasteiger partial charge in [0.05, 0.1) is 22.5 Å². The lowest BCUT2D eigenvalue weighted by molar-refractivity contribution is 0.0771. The second-order valence-corrected chi connectivity index (χ2v) is 9.97. The summed E-state index contributed by atoms with van der Waals surface area (Å²) in [5.74, 6) is -0.863. The summed E-state index contributed by atoms with van der Waals surface area (Å²) >= 11 is 0. The number of carbonyl (C=O) groups is 1. The second kappa shape index (κ2) is 8.62. The van der Waals surface area contributed by atoms with E-state index < -0.39 is 11.4 Å². The van der Waals surface area contributed by atoms with Gasteiger partial charge in [0.2, 0.25) is 0 Å². The van der Waals surface area contributed by atoms with Crippen LogP contribution in [0.1, 0.15) is 36.3 Å². The largest absolute Gasteiger partial charge is 0.389 e. The van der Waals surface area contributed by atoms with E-state index in [0.29, 0.717) is 29.0 Å². The first-order valence-corrected chi connectivity index (χ1v) is 11.7. The minimum Gasteiger partial charge on any atom is -0.389 e. The van der Waals surface area contributed by atoms with Gasteiger partial charge in [-0.15, -0.1) is 0 Å². The van der Waals surface area contributed by atoms with Gasteiger partial charge in [-0.05, 0) is 39.3 Å². The highest BCUT2D eigenvalue weighted by molar-refractivity contribution is 6.13. The Balaban J connectivity index is 1.40. The maximum absolute atomic E-state index is 14.5. The molecule has 4 heterocycles. The summed E-state index contributed by atoms with van der Waals surface area (Å²) in [5, 5.41) is 21.7. The molecule has 3 N–H and O–H groups in total. The van der Waals surface area contributed by atoms with Crippen LogP contribution in [0, 0.1) is 12.7 Å². The number of benzene rings is 1. The molecule has 9 nitrogen and oxygen atoms in total. The van der Waals surface area contributed by atoms with E-state index in [9.17, 15) is 14.3 Å². The maximum atomic E-state index is 14.5. The summed E-state index contributed by atoms with van der Waals surface area (Å²) in [6, 6.07) is 5.26. The molecule has 184 valence electrons. The molecule has 0 radical (unpaired) electrons. The molecule has 1 aliphatic rings. The first-order chi connectivity index (χ1) is 16.6. The predicted octanol–water partition coefficient (Wildman–Crippen LogP) is 2.86. The Morgan fingerprint density at radius 2 is 2.09 bits per heavy atom. The summed E-state index contributed by atoms with van der Waals surface area (Å²) in [4.78, 5) is 19.6. The van der Waals surface area contributed by atoms with Gasteiger partial charge in [0.15, 0.2) is 11.5 Å². The highest BCUT2D eigenvalue weighted by Gasteiger charge is 2.27. The van der Waals surface area contributed by atoms with Crippen LogP contribution in [0.15, 0.2) is 36.8 Å². The number of pyridine rings is 1. The van der Waals surface area contributed by atoms with Crippen molar-refractivity contribution in [3.05, 3.63) is 53.9 Å². The molecule has 1 amide bonds. The molecule has 1 saturated heterocycles. The SMILES string of the molecule is Cc1cn2cc(NC(=O)c3ccc(N4CC[C@@H](NCC(C)(C)O)C4)c4cn(C)nc34)cc(F)c2n1. The predicted molar refractivity (Wildman–Crippen MR) is 133 cm³/mol. The third-order valence-corrected chi connectivity index (χ3v) is 6.25. The molecule has 4 aromatic rings. The lowest BCUT2D eigenvalue weighted by atomic mass is 10.1. The van der Waals surface area contributed by atoms with Crippen LogP contribution < -0.4 is 15.5 Å². The second-order valence-electron chi connectivity index (χ2n) is 9.97. The Bertz CT molecular complexity index is 1420. The van der Waals surface area contributed by atoms with Gasteiger partial charge in [-0.25, -0.2) is 9.37 Å². The van der Waals surface area contributed by atoms with Gasteiger partial charge < -0.3 is 25.0 Å². The molecule has 1 aliphatic heterocycles. The molecule has 35 heavy (non-hydrogen) atoms. The fraction of sp³-hybridized carbons (Fsp3) is 0.400. The molecular formula is C25H30FN7O2. The zero-order chi connectivity index (χ0) is 24.9. The van der Waals surface area contributed by atoms with E-state index >= 15 is 0 Å². The van der Waals surface area contributed by atoms with Gasteiger partial charge in [0.25, 0.3) is 5.91 Å². The van der Waals surface area contributed by atoms with Crippen LogP contribution in [0.3, 0.4) is 0 Å². The monoisotopic (exact) mass is 479 g/mol. The number of imidazole rings is 1. The Hall–Kier alpha value is -3.50. The average Bonchev–Trinajstić information content (AvgIpc) is 3.48. The van der Waals surface area contributed by atoms with Gasteiger partial charge in [-0.1, -0.05) is 0 Å². The van der Waals surface area contributed by atoms with E-state index in [4.69, 9.17) is 0 Å². The van der Waals surface area contributed by atoms with Gasteiger partial charge in [-0.2, -0.15) is 5.10 Å². The maximum Gasteiger partial charge on any atom is 0.257 e. The van der Waals surface area contributed by atoms with E-state index in [0.717, 1.165) is 30.6 Å². The normalized spacial score (nSPS) is 16.5. The van der Waals surface area contributed by atoms with Crippen molar-refractivity contribution in [2.45, 2.75) is 38.8 Å². The van der Waals surface area contributed by atoms with Crippen molar-refractivity contribution in [3.63, 3.8) is 0 Å². The Morgan fingerprint density at radius 1 is 1.29 bits per heavy atom. The Kier molecular flexibility index (Phi) is 5.72. The highest BCUT2D eigenvalue weighted by atomic mass is 19.1. The number of nitrogens with one attached hydrogen (secondary N) is 2. The zero-order valence-corrected chi connectivity index (χ0v) is 20.3. The molecule has 10 heteroatoms. The van der Waals surface area contributed by atoms with Gasteiger partial charge >= 0.3 is 0 Å². The number of hydrogen-bond acceptors (Lipinski definition) is 6. The third-order valence-electron chi connectivity index (χ3n) is 6.25. The molecule has 0 bridgehead atoms. The first-order valence-electron chi connectivity index (χ1n) is 11.7. The van der Waals surface area contributed by atoms with Gasteiger partial charge in [0.1, 0.15) is 5.52 Å². The molecular weight excluding hydrogens is 449 g/mol. The number of amides is 1. The Morgan fingerprint density at radius 3 is 2.86 bits per heavy atom. The number of hydrogen-bond donors (Lipinski definition) is 3. The summed E-state index contributed by atoms with van der Waals surface area (Å²) in [6.45, 7) is 7.56. The lowest BCUT2D eigenvalue weighted by Gasteiger charge is -2.23. The number of anilines is 2. The van der Waals surface area contributed by atoms with Crippen molar-refractivity contribution >= 4 is 33.8 Å². The number of aliphatic hydroxyl groups is 1. The van der Waals surface area contributed by atoms with Crippen LogP contribution in [-0.4, -0.2) is 61.5 Å². The van der Waals surface area contributed by atoms with Crippen molar-refractivity contribution in [2.75, 3.05) is 29.9 Å². The number of fused-ring (bicyclic) bond motifs is 2. The topological polar surface area (TPSA) is 99.7 Å². The molecule has 3 aromatic heterocycles. The van der Waals surface area contributed by atoms with Crippen LogP contribution in [-0.2, 0) is 7.05 Å². The number of rotatable bonds is 6. The standard InChI is InChI=1S/C25H30FN7O2/c1-15-10-33-12-17(9-20(26)23(33)28-15)29-24(34)18-5-6-21(19-13-31(4)30-22(18)19)32-8-7-16(11-32)27-14-25(2,3)35/h5-6,9-10,12-13,16,27,35H,7-8,11,14H2,1-4H3,(H,29,34)/t16-/m1/s1. The van der Waals surface area contributed by atoms with Crippen molar-refractivity contribution in [1.29, 1.82) is 0 Å². The van der Waals surface area contributed by atoms with Gasteiger partial charge in [0, 0.05) is 68.5 Å². The fourth-order valence-corrected chi connectivity index (χ4v) is 4.65. The number of aryl methyl sites for hydroxylation is 2. The third kappa shape index (κ3) is 4.71. The van der Waals surface area contributed by atoms with E-state index in [1.165, 1.54) is 6.07 Å². The van der Waals surface area contributed by atoms with Crippen molar-refractivity contribution < 1.29 is 14.3 Å². The van der Waals surface area contributed by atoms with Crippen molar-refractivity contribution in [2.24, 2.45) is 7.05 Å². The molecule has 1 aromatic carbocycles. The number of carbonyl (C=O) groups excluding carboxylic acids is 1. The lowest BCUT2D eigenvalue weighted by Crippen LogP contribution is -2.41. The van der Waals surface area contributed by atoms with Crippen LogP contribution in [0.4, 0.5) is 15.8 Å². The van der Waals surface area contributed by atoms with Crippen LogP contribution >= 0.6 is 0 Å². The van der Waals surface area contributed by atoms with Crippen molar-refractivity contribution in [1.82, 2.24) is 24.5 Å². The molecule has 5 rings (SSSR count). The summed E-state index contributed by atoms with van der Waals surface area (Å²) < 4.78 is 17.7. The van der Waals surface area contributed by atoms with Crippen LogP contribution in [0.25, 0.3) is 16.6 Å². The number of aromatic nitrogens is 4.